The number of carbonyl (C=O) groups is 1. The molecular formula is C13H25N3O. The molecular weight excluding hydrogens is 214 g/mol. The van der Waals surface area contributed by atoms with E-state index in [1.165, 1.54) is 25.7 Å². The van der Waals surface area contributed by atoms with E-state index in [-0.39, 0.29) is 5.91 Å². The molecule has 4 nitrogen and oxygen atoms in total. The Labute approximate surface area is 104 Å². The molecule has 98 valence electrons. The minimum absolute atomic E-state index is 0.205. The maximum absolute atomic E-state index is 11.8. The van der Waals surface area contributed by atoms with E-state index in [9.17, 15) is 4.79 Å². The van der Waals surface area contributed by atoms with Crippen LogP contribution in [0.2, 0.25) is 0 Å². The molecule has 2 fully saturated rings. The molecule has 2 aliphatic rings. The molecule has 2 rings (SSSR count). The summed E-state index contributed by atoms with van der Waals surface area (Å²) in [5, 5.41) is 3.07. The van der Waals surface area contributed by atoms with Gasteiger partial charge in [-0.3, -0.25) is 9.69 Å². The lowest BCUT2D eigenvalue weighted by atomic mass is 10.2. The predicted molar refractivity (Wildman–Crippen MR) is 68.7 cm³/mol. The second-order valence-electron chi connectivity index (χ2n) is 5.39. The van der Waals surface area contributed by atoms with Gasteiger partial charge in [0.1, 0.15) is 0 Å². The molecule has 0 heterocycles. The summed E-state index contributed by atoms with van der Waals surface area (Å²) in [4.78, 5) is 14.2. The zero-order chi connectivity index (χ0) is 12.1. The molecule has 0 aromatic carbocycles. The van der Waals surface area contributed by atoms with Gasteiger partial charge in [0, 0.05) is 18.6 Å². The van der Waals surface area contributed by atoms with Gasteiger partial charge in [-0.2, -0.15) is 0 Å². The molecule has 0 spiro atoms. The van der Waals surface area contributed by atoms with Crippen LogP contribution in [0.25, 0.3) is 0 Å². The number of amides is 1. The zero-order valence-corrected chi connectivity index (χ0v) is 10.7. The Morgan fingerprint density at radius 1 is 1.24 bits per heavy atom. The van der Waals surface area contributed by atoms with Crippen molar-refractivity contribution < 1.29 is 4.79 Å². The van der Waals surface area contributed by atoms with Crippen molar-refractivity contribution in [3.05, 3.63) is 0 Å². The second kappa shape index (κ2) is 6.36. The number of hydrogen-bond donors (Lipinski definition) is 2. The van der Waals surface area contributed by atoms with Crippen molar-refractivity contribution in [1.29, 1.82) is 0 Å². The number of rotatable bonds is 7. The first-order valence-corrected chi connectivity index (χ1v) is 7.03. The van der Waals surface area contributed by atoms with Gasteiger partial charge >= 0.3 is 0 Å². The van der Waals surface area contributed by atoms with Gasteiger partial charge in [-0.1, -0.05) is 12.8 Å². The fraction of sp³-hybridized carbons (Fsp3) is 0.923. The summed E-state index contributed by atoms with van der Waals surface area (Å²) in [6.07, 6.45) is 8.45. The molecule has 0 atom stereocenters. The van der Waals surface area contributed by atoms with Crippen molar-refractivity contribution in [1.82, 2.24) is 10.2 Å². The highest BCUT2D eigenvalue weighted by molar-refractivity contribution is 5.78. The third kappa shape index (κ3) is 4.28. The Morgan fingerprint density at radius 2 is 1.94 bits per heavy atom. The lowest BCUT2D eigenvalue weighted by Gasteiger charge is -2.28. The van der Waals surface area contributed by atoms with Crippen molar-refractivity contribution >= 4 is 5.91 Å². The minimum atomic E-state index is 0.205. The van der Waals surface area contributed by atoms with Gasteiger partial charge in [-0.25, -0.2) is 0 Å². The summed E-state index contributed by atoms with van der Waals surface area (Å²) in [6, 6.07) is 1.09. The first kappa shape index (κ1) is 12.8. The van der Waals surface area contributed by atoms with E-state index in [0.29, 0.717) is 25.2 Å². The van der Waals surface area contributed by atoms with Crippen molar-refractivity contribution in [3.63, 3.8) is 0 Å². The highest BCUT2D eigenvalue weighted by Gasteiger charge is 2.27. The summed E-state index contributed by atoms with van der Waals surface area (Å²) in [5.41, 5.74) is 5.57. The van der Waals surface area contributed by atoms with E-state index in [0.717, 1.165) is 25.8 Å². The van der Waals surface area contributed by atoms with Crippen molar-refractivity contribution in [2.24, 2.45) is 5.73 Å². The lowest BCUT2D eigenvalue weighted by molar-refractivity contribution is -0.123. The summed E-state index contributed by atoms with van der Waals surface area (Å²) < 4.78 is 0. The summed E-state index contributed by atoms with van der Waals surface area (Å²) >= 11 is 0. The quantitative estimate of drug-likeness (QED) is 0.693. The van der Waals surface area contributed by atoms with E-state index in [2.05, 4.69) is 10.2 Å². The van der Waals surface area contributed by atoms with Gasteiger partial charge in [0.2, 0.25) is 5.91 Å². The third-order valence-corrected chi connectivity index (χ3v) is 3.78. The van der Waals surface area contributed by atoms with E-state index >= 15 is 0 Å². The van der Waals surface area contributed by atoms with Gasteiger partial charge in [0.25, 0.3) is 0 Å². The zero-order valence-electron chi connectivity index (χ0n) is 10.7. The molecule has 0 aliphatic heterocycles. The third-order valence-electron chi connectivity index (χ3n) is 3.78. The van der Waals surface area contributed by atoms with E-state index < -0.39 is 0 Å². The average molecular weight is 239 g/mol. The Morgan fingerprint density at radius 3 is 2.53 bits per heavy atom. The molecule has 1 amide bonds. The Kier molecular flexibility index (Phi) is 4.80. The molecule has 2 saturated carbocycles. The lowest BCUT2D eigenvalue weighted by Crippen LogP contribution is -2.43. The molecule has 17 heavy (non-hydrogen) atoms. The van der Waals surface area contributed by atoms with Gasteiger partial charge in [0.05, 0.1) is 6.54 Å². The van der Waals surface area contributed by atoms with Crippen LogP contribution < -0.4 is 11.1 Å². The van der Waals surface area contributed by atoms with E-state index in [1.54, 1.807) is 0 Å². The standard InChI is InChI=1S/C13H25N3O/c14-8-3-9-16(12-4-1-2-5-12)10-13(17)15-11-6-7-11/h11-12H,1-10,14H2,(H,15,17). The van der Waals surface area contributed by atoms with Crippen LogP contribution in [0, 0.1) is 0 Å². The number of carbonyl (C=O) groups excluding carboxylic acids is 1. The summed E-state index contributed by atoms with van der Waals surface area (Å²) in [7, 11) is 0. The van der Waals surface area contributed by atoms with Gasteiger partial charge in [-0.15, -0.1) is 0 Å². The van der Waals surface area contributed by atoms with Crippen molar-refractivity contribution in [2.75, 3.05) is 19.6 Å². The van der Waals surface area contributed by atoms with E-state index in [4.69, 9.17) is 5.73 Å². The van der Waals surface area contributed by atoms with E-state index in [1.807, 2.05) is 0 Å². The molecule has 2 aliphatic carbocycles. The van der Waals surface area contributed by atoms with Crippen LogP contribution in [-0.2, 0) is 4.79 Å². The fourth-order valence-corrected chi connectivity index (χ4v) is 2.64. The normalized spacial score (nSPS) is 21.1. The maximum atomic E-state index is 11.8. The smallest absolute Gasteiger partial charge is 0.234 e. The molecule has 4 heteroatoms. The first-order chi connectivity index (χ1) is 8.29. The largest absolute Gasteiger partial charge is 0.352 e. The van der Waals surface area contributed by atoms with Gasteiger partial charge in [-0.05, 0) is 38.6 Å². The molecule has 0 aromatic rings. The SMILES string of the molecule is NCCCN(CC(=O)NC1CC1)C1CCCC1. The Hall–Kier alpha value is -0.610. The number of nitrogens with one attached hydrogen (secondary N) is 1. The van der Waals surface area contributed by atoms with Crippen molar-refractivity contribution in [3.8, 4) is 0 Å². The topological polar surface area (TPSA) is 58.4 Å². The van der Waals surface area contributed by atoms with Crippen LogP contribution in [0.1, 0.15) is 44.9 Å². The van der Waals surface area contributed by atoms with Crippen LogP contribution >= 0.6 is 0 Å². The number of hydrogen-bond acceptors (Lipinski definition) is 3. The molecule has 0 radical (unpaired) electrons. The van der Waals surface area contributed by atoms with Crippen molar-refractivity contribution in [2.45, 2.75) is 57.0 Å². The average Bonchev–Trinajstić information content (AvgIpc) is 2.96. The Balaban J connectivity index is 1.77. The fourth-order valence-electron chi connectivity index (χ4n) is 2.64. The summed E-state index contributed by atoms with van der Waals surface area (Å²) in [5.74, 6) is 0.205. The Bertz CT molecular complexity index is 247. The van der Waals surface area contributed by atoms with Gasteiger partial charge in [0.15, 0.2) is 0 Å². The number of nitrogens with zero attached hydrogens (tertiary/aromatic N) is 1. The number of nitrogens with two attached hydrogens (primary N) is 1. The second-order valence-corrected chi connectivity index (χ2v) is 5.39. The monoisotopic (exact) mass is 239 g/mol. The van der Waals surface area contributed by atoms with Crippen LogP contribution in [-0.4, -0.2) is 42.5 Å². The molecule has 0 aromatic heterocycles. The molecule has 0 saturated heterocycles. The van der Waals surface area contributed by atoms with Crippen LogP contribution in [0.3, 0.4) is 0 Å². The maximum Gasteiger partial charge on any atom is 0.234 e. The molecule has 3 N–H and O–H groups in total. The highest BCUT2D eigenvalue weighted by atomic mass is 16.2. The van der Waals surface area contributed by atoms with Crippen LogP contribution in [0.5, 0.6) is 0 Å². The highest BCUT2D eigenvalue weighted by Crippen LogP contribution is 2.24. The van der Waals surface area contributed by atoms with Crippen LogP contribution in [0.4, 0.5) is 0 Å². The predicted octanol–water partition coefficient (Wildman–Crippen LogP) is 0.858. The summed E-state index contributed by atoms with van der Waals surface area (Å²) in [6.45, 7) is 2.26. The first-order valence-electron chi connectivity index (χ1n) is 7.03. The minimum Gasteiger partial charge on any atom is -0.352 e. The van der Waals surface area contributed by atoms with Gasteiger partial charge < -0.3 is 11.1 Å². The molecule has 0 unspecified atom stereocenters. The van der Waals surface area contributed by atoms with Crippen LogP contribution in [0.15, 0.2) is 0 Å². The molecule has 0 bridgehead atoms.